The molecular weight excluding hydrogens is 444 g/mol. The van der Waals surface area contributed by atoms with Crippen molar-refractivity contribution in [2.75, 3.05) is 25.0 Å². The molecule has 1 aromatic heterocycles. The second kappa shape index (κ2) is 11.4. The Morgan fingerprint density at radius 1 is 1.06 bits per heavy atom. The summed E-state index contributed by atoms with van der Waals surface area (Å²) >= 11 is 1.42. The fraction of sp³-hybridized carbons (Fsp3) is 0.370. The van der Waals surface area contributed by atoms with Crippen LogP contribution in [-0.2, 0) is 11.3 Å². The number of rotatable bonds is 8. The van der Waals surface area contributed by atoms with Crippen LogP contribution in [0.5, 0.6) is 0 Å². The first-order valence-electron chi connectivity index (χ1n) is 11.9. The Morgan fingerprint density at radius 2 is 1.76 bits per heavy atom. The van der Waals surface area contributed by atoms with Crippen molar-refractivity contribution in [1.82, 2.24) is 15.2 Å². The Hall–Kier alpha value is -3.03. The van der Waals surface area contributed by atoms with Gasteiger partial charge in [-0.1, -0.05) is 42.5 Å². The second-order valence-electron chi connectivity index (χ2n) is 8.93. The Bertz CT molecular complexity index is 1100. The van der Waals surface area contributed by atoms with Gasteiger partial charge in [-0.2, -0.15) is 0 Å². The van der Waals surface area contributed by atoms with E-state index in [1.54, 1.807) is 0 Å². The maximum Gasteiger partial charge on any atom is 0.280 e. The van der Waals surface area contributed by atoms with Crippen molar-refractivity contribution >= 4 is 28.8 Å². The monoisotopic (exact) mass is 476 g/mol. The van der Waals surface area contributed by atoms with Crippen LogP contribution < -0.4 is 10.6 Å². The second-order valence-corrected chi connectivity index (χ2v) is 10.1. The lowest BCUT2D eigenvalue weighted by Gasteiger charge is -2.32. The van der Waals surface area contributed by atoms with E-state index in [1.807, 2.05) is 31.2 Å². The molecule has 4 rings (SSSR count). The van der Waals surface area contributed by atoms with Crippen molar-refractivity contribution in [2.24, 2.45) is 5.92 Å². The number of amides is 2. The number of benzene rings is 2. The highest BCUT2D eigenvalue weighted by Crippen LogP contribution is 2.28. The minimum atomic E-state index is -0.103. The van der Waals surface area contributed by atoms with Crippen molar-refractivity contribution < 1.29 is 9.59 Å². The number of hydrogen-bond acceptors (Lipinski definition) is 5. The van der Waals surface area contributed by atoms with Crippen LogP contribution in [0.1, 0.15) is 46.4 Å². The Labute approximate surface area is 205 Å². The van der Waals surface area contributed by atoms with Crippen molar-refractivity contribution in [3.05, 3.63) is 70.0 Å². The maximum atomic E-state index is 12.7. The number of carbonyl (C=O) groups excluding carboxylic acids is 2. The number of carbonyl (C=O) groups is 2. The molecule has 2 heterocycles. The third-order valence-corrected chi connectivity index (χ3v) is 7.23. The molecule has 0 atom stereocenters. The smallest absolute Gasteiger partial charge is 0.280 e. The Morgan fingerprint density at radius 3 is 2.44 bits per heavy atom. The molecule has 0 bridgehead atoms. The molecule has 2 aromatic carbocycles. The van der Waals surface area contributed by atoms with E-state index in [0.717, 1.165) is 47.9 Å². The van der Waals surface area contributed by atoms with Crippen molar-refractivity contribution in [3.8, 4) is 11.3 Å². The van der Waals surface area contributed by atoms with Crippen LogP contribution in [0.15, 0.2) is 54.6 Å². The molecule has 2 N–H and O–H groups in total. The van der Waals surface area contributed by atoms with Gasteiger partial charge < -0.3 is 10.6 Å². The van der Waals surface area contributed by atoms with Gasteiger partial charge in [-0.05, 0) is 62.9 Å². The van der Waals surface area contributed by atoms with E-state index in [2.05, 4.69) is 50.8 Å². The molecule has 0 saturated carbocycles. The summed E-state index contributed by atoms with van der Waals surface area (Å²) in [5.41, 5.74) is 3.86. The highest BCUT2D eigenvalue weighted by Gasteiger charge is 2.20. The van der Waals surface area contributed by atoms with Gasteiger partial charge in [0, 0.05) is 36.1 Å². The van der Waals surface area contributed by atoms with E-state index in [9.17, 15) is 9.59 Å². The molecule has 6 nitrogen and oxygen atoms in total. The van der Waals surface area contributed by atoms with Gasteiger partial charge in [0.25, 0.3) is 5.91 Å². The first kappa shape index (κ1) is 24.1. The first-order valence-corrected chi connectivity index (χ1v) is 12.7. The summed E-state index contributed by atoms with van der Waals surface area (Å²) in [6, 6.07) is 18.2. The standard InChI is InChI=1S/C27H32N4O2S/c1-19-25(23-8-10-24(11-9-23)29-20(2)32)30-27(34-19)26(33)28-15-12-21-13-16-31(17-14-21)18-22-6-4-3-5-7-22/h3-11,21H,12-18H2,1-2H3,(H,28,33)(H,29,32). The van der Waals surface area contributed by atoms with E-state index >= 15 is 0 Å². The number of thiazole rings is 1. The maximum absolute atomic E-state index is 12.7. The van der Waals surface area contributed by atoms with Gasteiger partial charge >= 0.3 is 0 Å². The van der Waals surface area contributed by atoms with Crippen LogP contribution in [0, 0.1) is 12.8 Å². The van der Waals surface area contributed by atoms with Crippen LogP contribution >= 0.6 is 11.3 Å². The summed E-state index contributed by atoms with van der Waals surface area (Å²) in [5.74, 6) is 0.452. The zero-order valence-electron chi connectivity index (χ0n) is 19.8. The topological polar surface area (TPSA) is 74.3 Å². The molecule has 0 spiro atoms. The van der Waals surface area contributed by atoms with E-state index in [0.29, 0.717) is 17.5 Å². The van der Waals surface area contributed by atoms with Gasteiger partial charge in [-0.25, -0.2) is 4.98 Å². The summed E-state index contributed by atoms with van der Waals surface area (Å²) in [5, 5.41) is 6.33. The van der Waals surface area contributed by atoms with Gasteiger partial charge in [0.15, 0.2) is 5.01 Å². The molecule has 7 heteroatoms. The molecule has 1 fully saturated rings. The van der Waals surface area contributed by atoms with Crippen LogP contribution in [0.3, 0.4) is 0 Å². The molecule has 178 valence electrons. The SMILES string of the molecule is CC(=O)Nc1ccc(-c2nc(C(=O)NCCC3CCN(Cc4ccccc4)CC3)sc2C)cc1. The lowest BCUT2D eigenvalue weighted by molar-refractivity contribution is -0.114. The highest BCUT2D eigenvalue weighted by atomic mass is 32.1. The van der Waals surface area contributed by atoms with Crippen LogP contribution in [-0.4, -0.2) is 41.3 Å². The number of piperidine rings is 1. The minimum Gasteiger partial charge on any atom is -0.350 e. The summed E-state index contributed by atoms with van der Waals surface area (Å²) in [7, 11) is 0. The molecule has 0 aliphatic carbocycles. The zero-order chi connectivity index (χ0) is 23.9. The first-order chi connectivity index (χ1) is 16.5. The van der Waals surface area contributed by atoms with Gasteiger partial charge in [0.1, 0.15) is 0 Å². The summed E-state index contributed by atoms with van der Waals surface area (Å²) in [4.78, 5) is 32.0. The number of nitrogens with one attached hydrogen (secondary N) is 2. The summed E-state index contributed by atoms with van der Waals surface area (Å²) in [6.45, 7) is 7.40. The van der Waals surface area contributed by atoms with Gasteiger partial charge in [-0.3, -0.25) is 14.5 Å². The lowest BCUT2D eigenvalue weighted by atomic mass is 9.93. The van der Waals surface area contributed by atoms with Gasteiger partial charge in [0.05, 0.1) is 5.69 Å². The predicted molar refractivity (Wildman–Crippen MR) is 138 cm³/mol. The lowest BCUT2D eigenvalue weighted by Crippen LogP contribution is -2.34. The molecule has 1 aliphatic rings. The van der Waals surface area contributed by atoms with E-state index in [-0.39, 0.29) is 11.8 Å². The Kier molecular flexibility index (Phi) is 8.08. The Balaban J connectivity index is 1.23. The van der Waals surface area contributed by atoms with Crippen molar-refractivity contribution in [1.29, 1.82) is 0 Å². The van der Waals surface area contributed by atoms with Crippen molar-refractivity contribution in [3.63, 3.8) is 0 Å². The van der Waals surface area contributed by atoms with Gasteiger partial charge in [0.2, 0.25) is 5.91 Å². The number of nitrogens with zero attached hydrogens (tertiary/aromatic N) is 2. The van der Waals surface area contributed by atoms with Crippen molar-refractivity contribution in [2.45, 2.75) is 39.7 Å². The number of aromatic nitrogens is 1. The van der Waals surface area contributed by atoms with E-state index < -0.39 is 0 Å². The highest BCUT2D eigenvalue weighted by molar-refractivity contribution is 7.14. The molecule has 3 aromatic rings. The summed E-state index contributed by atoms with van der Waals surface area (Å²) in [6.07, 6.45) is 3.36. The largest absolute Gasteiger partial charge is 0.350 e. The third kappa shape index (κ3) is 6.52. The minimum absolute atomic E-state index is 0.101. The quantitative estimate of drug-likeness (QED) is 0.474. The van der Waals surface area contributed by atoms with Crippen LogP contribution in [0.2, 0.25) is 0 Å². The van der Waals surface area contributed by atoms with Crippen LogP contribution in [0.25, 0.3) is 11.3 Å². The molecule has 1 aliphatic heterocycles. The third-order valence-electron chi connectivity index (χ3n) is 6.26. The van der Waals surface area contributed by atoms with Crippen LogP contribution in [0.4, 0.5) is 5.69 Å². The normalized spacial score (nSPS) is 14.6. The number of likely N-dealkylation sites (tertiary alicyclic amines) is 1. The number of aryl methyl sites for hydroxylation is 1. The fourth-order valence-corrected chi connectivity index (χ4v) is 5.27. The van der Waals surface area contributed by atoms with Gasteiger partial charge in [-0.15, -0.1) is 11.3 Å². The summed E-state index contributed by atoms with van der Waals surface area (Å²) < 4.78 is 0. The fourth-order valence-electron chi connectivity index (χ4n) is 4.42. The molecule has 0 unspecified atom stereocenters. The number of anilines is 1. The predicted octanol–water partition coefficient (Wildman–Crippen LogP) is 5.11. The van der Waals surface area contributed by atoms with E-state index in [1.165, 1.54) is 36.7 Å². The molecule has 0 radical (unpaired) electrons. The zero-order valence-corrected chi connectivity index (χ0v) is 20.7. The average Bonchev–Trinajstić information content (AvgIpc) is 3.23. The number of hydrogen-bond donors (Lipinski definition) is 2. The van der Waals surface area contributed by atoms with E-state index in [4.69, 9.17) is 0 Å². The molecule has 1 saturated heterocycles. The molecule has 34 heavy (non-hydrogen) atoms. The molecule has 2 amide bonds. The average molecular weight is 477 g/mol. The molecular formula is C27H32N4O2S.